The third-order valence-electron chi connectivity index (χ3n) is 3.95. The summed E-state index contributed by atoms with van der Waals surface area (Å²) < 4.78 is 23.1. The van der Waals surface area contributed by atoms with Crippen LogP contribution in [0.5, 0.6) is 0 Å². The number of hydrogen-bond donors (Lipinski definition) is 1. The number of rotatable bonds is 5. The molecule has 1 atom stereocenters. The fraction of sp³-hybridized carbons (Fsp3) is 0.562. The Labute approximate surface area is 142 Å². The summed E-state index contributed by atoms with van der Waals surface area (Å²) in [6, 6.07) is 4.33. The Morgan fingerprint density at radius 3 is 2.58 bits per heavy atom. The predicted octanol–water partition coefficient (Wildman–Crippen LogP) is 0.727. The molecule has 2 amide bonds. The Morgan fingerprint density at radius 2 is 2.00 bits per heavy atom. The van der Waals surface area contributed by atoms with Crippen LogP contribution in [0.4, 0.5) is 0 Å². The minimum atomic E-state index is -3.07. The molecule has 0 aromatic carbocycles. The van der Waals surface area contributed by atoms with Gasteiger partial charge in [-0.1, -0.05) is 19.9 Å². The van der Waals surface area contributed by atoms with Crippen LogP contribution >= 0.6 is 0 Å². The van der Waals surface area contributed by atoms with E-state index in [1.165, 1.54) is 11.0 Å². The standard InChI is InChI=1S/C16H23N3O4S/c1-11(2)9-17-15(20)13-5-4-6-14(18-13)16(21)19(3)12-7-8-24(22,23)10-12/h4-6,11-12H,7-10H2,1-3H3,(H,17,20). The zero-order chi connectivity index (χ0) is 17.9. The molecule has 0 bridgehead atoms. The second kappa shape index (κ2) is 7.29. The molecule has 1 aromatic heterocycles. The summed E-state index contributed by atoms with van der Waals surface area (Å²) in [6.45, 7) is 4.50. The quantitative estimate of drug-likeness (QED) is 0.842. The largest absolute Gasteiger partial charge is 0.350 e. The Morgan fingerprint density at radius 1 is 1.33 bits per heavy atom. The summed E-state index contributed by atoms with van der Waals surface area (Å²) in [5.74, 6) is -0.321. The molecule has 1 aliphatic rings. The van der Waals surface area contributed by atoms with E-state index in [4.69, 9.17) is 0 Å². The topological polar surface area (TPSA) is 96.4 Å². The average molecular weight is 353 g/mol. The third kappa shape index (κ3) is 4.53. The summed E-state index contributed by atoms with van der Waals surface area (Å²) >= 11 is 0. The van der Waals surface area contributed by atoms with Crippen LogP contribution in [0.3, 0.4) is 0 Å². The molecular weight excluding hydrogens is 330 g/mol. The molecule has 7 nitrogen and oxygen atoms in total. The molecule has 0 radical (unpaired) electrons. The van der Waals surface area contributed by atoms with Gasteiger partial charge in [-0.05, 0) is 24.5 Å². The van der Waals surface area contributed by atoms with E-state index in [1.807, 2.05) is 13.8 Å². The molecule has 8 heteroatoms. The van der Waals surface area contributed by atoms with Gasteiger partial charge in [-0.2, -0.15) is 0 Å². The van der Waals surface area contributed by atoms with Crippen LogP contribution in [-0.2, 0) is 9.84 Å². The van der Waals surface area contributed by atoms with E-state index < -0.39 is 9.84 Å². The van der Waals surface area contributed by atoms with Gasteiger partial charge in [0.15, 0.2) is 9.84 Å². The van der Waals surface area contributed by atoms with Gasteiger partial charge < -0.3 is 10.2 Å². The SMILES string of the molecule is CC(C)CNC(=O)c1cccc(C(=O)N(C)C2CCS(=O)(=O)C2)n1. The second-order valence-corrected chi connectivity index (χ2v) is 8.71. The van der Waals surface area contributed by atoms with Gasteiger partial charge in [0.05, 0.1) is 11.5 Å². The highest BCUT2D eigenvalue weighted by molar-refractivity contribution is 7.91. The fourth-order valence-electron chi connectivity index (χ4n) is 2.50. The summed E-state index contributed by atoms with van der Waals surface area (Å²) in [5.41, 5.74) is 0.313. The summed E-state index contributed by atoms with van der Waals surface area (Å²) in [7, 11) is -1.50. The van der Waals surface area contributed by atoms with E-state index in [9.17, 15) is 18.0 Å². The normalized spacial score (nSPS) is 19.2. The molecule has 24 heavy (non-hydrogen) atoms. The average Bonchev–Trinajstić information content (AvgIpc) is 2.91. The fourth-order valence-corrected chi connectivity index (χ4v) is 4.27. The van der Waals surface area contributed by atoms with E-state index in [2.05, 4.69) is 10.3 Å². The first-order valence-corrected chi connectivity index (χ1v) is 9.74. The first kappa shape index (κ1) is 18.4. The van der Waals surface area contributed by atoms with Crippen molar-refractivity contribution in [2.24, 2.45) is 5.92 Å². The Balaban J connectivity index is 2.10. The highest BCUT2D eigenvalue weighted by Crippen LogP contribution is 2.18. The Hall–Kier alpha value is -1.96. The summed E-state index contributed by atoms with van der Waals surface area (Å²) in [5, 5.41) is 2.75. The van der Waals surface area contributed by atoms with E-state index in [1.54, 1.807) is 19.2 Å². The first-order valence-electron chi connectivity index (χ1n) is 7.92. The van der Waals surface area contributed by atoms with Gasteiger partial charge in [0.2, 0.25) is 0 Å². The lowest BCUT2D eigenvalue weighted by atomic mass is 10.2. The maximum absolute atomic E-state index is 12.5. The number of carbonyl (C=O) groups is 2. The smallest absolute Gasteiger partial charge is 0.272 e. The van der Waals surface area contributed by atoms with Gasteiger partial charge in [0.1, 0.15) is 11.4 Å². The lowest BCUT2D eigenvalue weighted by molar-refractivity contribution is 0.0741. The molecule has 132 valence electrons. The number of pyridine rings is 1. The van der Waals surface area contributed by atoms with Gasteiger partial charge in [-0.15, -0.1) is 0 Å². The van der Waals surface area contributed by atoms with Crippen LogP contribution in [0.2, 0.25) is 0 Å². The molecule has 1 saturated heterocycles. The number of nitrogens with one attached hydrogen (secondary N) is 1. The molecule has 1 N–H and O–H groups in total. The van der Waals surface area contributed by atoms with E-state index in [-0.39, 0.29) is 40.7 Å². The first-order chi connectivity index (χ1) is 11.2. The lowest BCUT2D eigenvalue weighted by Gasteiger charge is -2.23. The molecule has 1 aliphatic heterocycles. The maximum atomic E-state index is 12.5. The van der Waals surface area contributed by atoms with Gasteiger partial charge >= 0.3 is 0 Å². The van der Waals surface area contributed by atoms with E-state index in [0.717, 1.165) is 0 Å². The van der Waals surface area contributed by atoms with E-state index in [0.29, 0.717) is 18.9 Å². The molecule has 1 unspecified atom stereocenters. The van der Waals surface area contributed by atoms with Crippen molar-refractivity contribution >= 4 is 21.7 Å². The zero-order valence-corrected chi connectivity index (χ0v) is 15.0. The van der Waals surface area contributed by atoms with Gasteiger partial charge in [0, 0.05) is 19.6 Å². The van der Waals surface area contributed by atoms with Gasteiger partial charge in [-0.25, -0.2) is 13.4 Å². The van der Waals surface area contributed by atoms with Crippen LogP contribution in [0.1, 0.15) is 41.2 Å². The highest BCUT2D eigenvalue weighted by Gasteiger charge is 2.33. The molecule has 0 aliphatic carbocycles. The van der Waals surface area contributed by atoms with Gasteiger partial charge in [0.25, 0.3) is 11.8 Å². The van der Waals surface area contributed by atoms with Crippen molar-refractivity contribution in [2.45, 2.75) is 26.3 Å². The monoisotopic (exact) mass is 353 g/mol. The molecule has 1 aromatic rings. The molecule has 0 spiro atoms. The number of carbonyl (C=O) groups excluding carboxylic acids is 2. The molecule has 0 saturated carbocycles. The number of nitrogens with zero attached hydrogens (tertiary/aromatic N) is 2. The van der Waals surface area contributed by atoms with Crippen LogP contribution in [0.25, 0.3) is 0 Å². The summed E-state index contributed by atoms with van der Waals surface area (Å²) in [4.78, 5) is 30.1. The number of hydrogen-bond acceptors (Lipinski definition) is 5. The summed E-state index contributed by atoms with van der Waals surface area (Å²) in [6.07, 6.45) is 0.430. The third-order valence-corrected chi connectivity index (χ3v) is 5.70. The van der Waals surface area contributed by atoms with Crippen LogP contribution in [-0.4, -0.2) is 61.3 Å². The van der Waals surface area contributed by atoms with Crippen molar-refractivity contribution in [3.8, 4) is 0 Å². The zero-order valence-electron chi connectivity index (χ0n) is 14.2. The van der Waals surface area contributed by atoms with Crippen LogP contribution < -0.4 is 5.32 Å². The van der Waals surface area contributed by atoms with Gasteiger partial charge in [-0.3, -0.25) is 9.59 Å². The van der Waals surface area contributed by atoms with Crippen LogP contribution in [0, 0.1) is 5.92 Å². The molecule has 2 rings (SSSR count). The predicted molar refractivity (Wildman–Crippen MR) is 90.6 cm³/mol. The Kier molecular flexibility index (Phi) is 5.58. The minimum Gasteiger partial charge on any atom is -0.350 e. The Bertz CT molecular complexity index is 731. The van der Waals surface area contributed by atoms with Crippen molar-refractivity contribution in [3.05, 3.63) is 29.6 Å². The van der Waals surface area contributed by atoms with Crippen LogP contribution in [0.15, 0.2) is 18.2 Å². The lowest BCUT2D eigenvalue weighted by Crippen LogP contribution is -2.38. The minimum absolute atomic E-state index is 0.0240. The molecule has 1 fully saturated rings. The molecular formula is C16H23N3O4S. The van der Waals surface area contributed by atoms with Crippen molar-refractivity contribution in [3.63, 3.8) is 0 Å². The molecule has 2 heterocycles. The second-order valence-electron chi connectivity index (χ2n) is 6.48. The highest BCUT2D eigenvalue weighted by atomic mass is 32.2. The van der Waals surface area contributed by atoms with Crippen molar-refractivity contribution in [1.29, 1.82) is 0 Å². The number of aromatic nitrogens is 1. The number of amides is 2. The number of sulfone groups is 1. The van der Waals surface area contributed by atoms with Crippen molar-refractivity contribution in [2.75, 3.05) is 25.1 Å². The van der Waals surface area contributed by atoms with E-state index >= 15 is 0 Å². The van der Waals surface area contributed by atoms with Crippen molar-refractivity contribution < 1.29 is 18.0 Å². The van der Waals surface area contributed by atoms with Crippen molar-refractivity contribution in [1.82, 2.24) is 15.2 Å². The maximum Gasteiger partial charge on any atom is 0.272 e.